The van der Waals surface area contributed by atoms with Crippen LogP contribution in [0.5, 0.6) is 0 Å². The largest absolute Gasteiger partial charge is 0.398 e. The Hall–Kier alpha value is -1.69. The molecule has 2 rings (SSSR count). The third-order valence-electron chi connectivity index (χ3n) is 2.83. The van der Waals surface area contributed by atoms with Gasteiger partial charge in [-0.25, -0.2) is 9.67 Å². The summed E-state index contributed by atoms with van der Waals surface area (Å²) in [5, 5.41) is 4.07. The van der Waals surface area contributed by atoms with E-state index in [0.29, 0.717) is 11.4 Å². The summed E-state index contributed by atoms with van der Waals surface area (Å²) in [6, 6.07) is 5.47. The van der Waals surface area contributed by atoms with Crippen LogP contribution < -0.4 is 5.73 Å². The predicted octanol–water partition coefficient (Wildman–Crippen LogP) is 1.50. The van der Waals surface area contributed by atoms with E-state index in [-0.39, 0.29) is 0 Å². The Labute approximate surface area is 108 Å². The minimum absolute atomic E-state index is 0.359. The highest BCUT2D eigenvalue weighted by atomic mass is 32.2. The van der Waals surface area contributed by atoms with Crippen LogP contribution in [-0.4, -0.2) is 19.0 Å². The van der Waals surface area contributed by atoms with Crippen molar-refractivity contribution in [2.45, 2.75) is 31.0 Å². The monoisotopic (exact) mass is 264 g/mol. The van der Waals surface area contributed by atoms with Crippen LogP contribution in [0, 0.1) is 6.92 Å². The van der Waals surface area contributed by atoms with Gasteiger partial charge in [0.15, 0.2) is 0 Å². The van der Waals surface area contributed by atoms with E-state index in [2.05, 4.69) is 10.1 Å². The van der Waals surface area contributed by atoms with Gasteiger partial charge in [-0.15, -0.1) is 0 Å². The molecule has 2 N–H and O–H groups in total. The summed E-state index contributed by atoms with van der Waals surface area (Å²) < 4.78 is 14.1. The fourth-order valence-electron chi connectivity index (χ4n) is 1.74. The molecule has 0 saturated heterocycles. The van der Waals surface area contributed by atoms with Crippen LogP contribution >= 0.6 is 0 Å². The van der Waals surface area contributed by atoms with Crippen molar-refractivity contribution in [3.8, 4) is 0 Å². The summed E-state index contributed by atoms with van der Waals surface area (Å²) >= 11 is 0. The van der Waals surface area contributed by atoms with Gasteiger partial charge in [-0.2, -0.15) is 5.10 Å². The molecule has 2 aromatic rings. The van der Waals surface area contributed by atoms with E-state index in [9.17, 15) is 4.21 Å². The SMILES string of the molecule is CCn1ncnc1CS(=O)c1cccc(N)c1C. The average Bonchev–Trinajstić information content (AvgIpc) is 2.79. The van der Waals surface area contributed by atoms with Crippen LogP contribution in [0.1, 0.15) is 18.3 Å². The zero-order valence-electron chi connectivity index (χ0n) is 10.5. The number of benzene rings is 1. The first-order valence-electron chi connectivity index (χ1n) is 5.73. The molecular weight excluding hydrogens is 248 g/mol. The second-order valence-electron chi connectivity index (χ2n) is 3.95. The van der Waals surface area contributed by atoms with Crippen molar-refractivity contribution in [2.24, 2.45) is 0 Å². The highest BCUT2D eigenvalue weighted by molar-refractivity contribution is 7.84. The molecule has 0 amide bonds. The Bertz CT molecular complexity index is 579. The van der Waals surface area contributed by atoms with Crippen molar-refractivity contribution in [3.05, 3.63) is 35.9 Å². The van der Waals surface area contributed by atoms with Gasteiger partial charge in [-0.3, -0.25) is 4.21 Å². The highest BCUT2D eigenvalue weighted by Crippen LogP contribution is 2.20. The van der Waals surface area contributed by atoms with E-state index in [1.807, 2.05) is 32.0 Å². The summed E-state index contributed by atoms with van der Waals surface area (Å²) in [4.78, 5) is 4.90. The van der Waals surface area contributed by atoms with Gasteiger partial charge in [0, 0.05) is 17.1 Å². The molecule has 0 saturated carbocycles. The van der Waals surface area contributed by atoms with Crippen molar-refractivity contribution >= 4 is 16.5 Å². The normalized spacial score (nSPS) is 12.6. The maximum absolute atomic E-state index is 12.3. The van der Waals surface area contributed by atoms with Gasteiger partial charge in [-0.1, -0.05) is 6.07 Å². The molecule has 1 unspecified atom stereocenters. The van der Waals surface area contributed by atoms with E-state index < -0.39 is 10.8 Å². The fraction of sp³-hybridized carbons (Fsp3) is 0.333. The lowest BCUT2D eigenvalue weighted by Gasteiger charge is -2.08. The smallest absolute Gasteiger partial charge is 0.139 e. The third-order valence-corrected chi connectivity index (χ3v) is 4.28. The number of nitrogen functional groups attached to an aromatic ring is 1. The molecular formula is C12H16N4OS. The molecule has 1 heterocycles. The lowest BCUT2D eigenvalue weighted by Crippen LogP contribution is -2.08. The van der Waals surface area contributed by atoms with E-state index in [1.54, 1.807) is 4.68 Å². The molecule has 0 aliphatic rings. The first kappa shape index (κ1) is 12.8. The van der Waals surface area contributed by atoms with Crippen molar-refractivity contribution in [1.29, 1.82) is 0 Å². The van der Waals surface area contributed by atoms with Gasteiger partial charge < -0.3 is 5.73 Å². The van der Waals surface area contributed by atoms with Crippen LogP contribution in [-0.2, 0) is 23.1 Å². The summed E-state index contributed by atoms with van der Waals surface area (Å²) in [6.45, 7) is 4.59. The van der Waals surface area contributed by atoms with Gasteiger partial charge in [0.2, 0.25) is 0 Å². The van der Waals surface area contributed by atoms with E-state index >= 15 is 0 Å². The van der Waals surface area contributed by atoms with Gasteiger partial charge in [-0.05, 0) is 31.5 Å². The first-order valence-corrected chi connectivity index (χ1v) is 7.05. The maximum atomic E-state index is 12.3. The number of nitrogens with zero attached hydrogens (tertiary/aromatic N) is 3. The molecule has 5 nitrogen and oxygen atoms in total. The van der Waals surface area contributed by atoms with Gasteiger partial charge in [0.05, 0.1) is 16.6 Å². The zero-order valence-corrected chi connectivity index (χ0v) is 11.3. The van der Waals surface area contributed by atoms with Crippen molar-refractivity contribution in [3.63, 3.8) is 0 Å². The lowest BCUT2D eigenvalue weighted by atomic mass is 10.2. The molecule has 1 aromatic heterocycles. The molecule has 0 fully saturated rings. The maximum Gasteiger partial charge on any atom is 0.139 e. The topological polar surface area (TPSA) is 73.8 Å². The molecule has 0 aliphatic heterocycles. The molecule has 0 bridgehead atoms. The Balaban J connectivity index is 2.25. The van der Waals surface area contributed by atoms with E-state index in [4.69, 9.17) is 5.73 Å². The quantitative estimate of drug-likeness (QED) is 0.849. The second-order valence-corrected chi connectivity index (χ2v) is 5.37. The number of aromatic nitrogens is 3. The summed E-state index contributed by atoms with van der Waals surface area (Å²) in [6.07, 6.45) is 1.49. The highest BCUT2D eigenvalue weighted by Gasteiger charge is 2.13. The van der Waals surface area contributed by atoms with Crippen molar-refractivity contribution in [2.75, 3.05) is 5.73 Å². The van der Waals surface area contributed by atoms with Crippen LogP contribution in [0.4, 0.5) is 5.69 Å². The Morgan fingerprint density at radius 1 is 1.44 bits per heavy atom. The zero-order chi connectivity index (χ0) is 13.1. The number of aryl methyl sites for hydroxylation is 1. The fourth-order valence-corrected chi connectivity index (χ4v) is 3.04. The van der Waals surface area contributed by atoms with Gasteiger partial charge >= 0.3 is 0 Å². The molecule has 0 aliphatic carbocycles. The Morgan fingerprint density at radius 3 is 2.94 bits per heavy atom. The molecule has 18 heavy (non-hydrogen) atoms. The van der Waals surface area contributed by atoms with Crippen LogP contribution in [0.3, 0.4) is 0 Å². The van der Waals surface area contributed by atoms with E-state index in [0.717, 1.165) is 22.8 Å². The van der Waals surface area contributed by atoms with Crippen LogP contribution in [0.2, 0.25) is 0 Å². The molecule has 0 spiro atoms. The number of nitrogens with two attached hydrogens (primary N) is 1. The summed E-state index contributed by atoms with van der Waals surface area (Å²) in [5.41, 5.74) is 7.36. The lowest BCUT2D eigenvalue weighted by molar-refractivity contribution is 0.627. The number of anilines is 1. The summed E-state index contributed by atoms with van der Waals surface area (Å²) in [5.74, 6) is 1.09. The van der Waals surface area contributed by atoms with Crippen LogP contribution in [0.15, 0.2) is 29.4 Å². The van der Waals surface area contributed by atoms with Gasteiger partial charge in [0.25, 0.3) is 0 Å². The van der Waals surface area contributed by atoms with Crippen molar-refractivity contribution < 1.29 is 4.21 Å². The molecule has 1 aromatic carbocycles. The predicted molar refractivity (Wildman–Crippen MR) is 71.4 cm³/mol. The number of hydrogen-bond acceptors (Lipinski definition) is 4. The van der Waals surface area contributed by atoms with Crippen molar-refractivity contribution in [1.82, 2.24) is 14.8 Å². The first-order chi connectivity index (χ1) is 8.63. The number of rotatable bonds is 4. The standard InChI is InChI=1S/C12H16N4OS/c1-3-16-12(14-8-15-16)7-18(17)11-6-4-5-10(13)9(11)2/h4-6,8H,3,7,13H2,1-2H3. The van der Waals surface area contributed by atoms with Crippen LogP contribution in [0.25, 0.3) is 0 Å². The third kappa shape index (κ3) is 2.43. The Morgan fingerprint density at radius 2 is 2.22 bits per heavy atom. The Kier molecular flexibility index (Phi) is 3.76. The molecule has 1 atom stereocenters. The minimum Gasteiger partial charge on any atom is -0.398 e. The van der Waals surface area contributed by atoms with Gasteiger partial charge in [0.1, 0.15) is 12.2 Å². The minimum atomic E-state index is -1.15. The van der Waals surface area contributed by atoms with E-state index in [1.165, 1.54) is 6.33 Å². The molecule has 96 valence electrons. The molecule has 0 radical (unpaired) electrons. The second kappa shape index (κ2) is 5.30. The average molecular weight is 264 g/mol. The number of hydrogen-bond donors (Lipinski definition) is 1. The summed E-state index contributed by atoms with van der Waals surface area (Å²) in [7, 11) is -1.15. The molecule has 6 heteroatoms.